The summed E-state index contributed by atoms with van der Waals surface area (Å²) in [7, 11) is 0. The summed E-state index contributed by atoms with van der Waals surface area (Å²) in [5.74, 6) is -0.218. The molecule has 0 saturated carbocycles. The van der Waals surface area contributed by atoms with Crippen LogP contribution in [-0.2, 0) is 6.42 Å². The first-order chi connectivity index (χ1) is 8.61. The molecular formula is C14H15N3O. The second-order valence-corrected chi connectivity index (χ2v) is 4.08. The van der Waals surface area contributed by atoms with Crippen LogP contribution >= 0.6 is 0 Å². The Hall–Kier alpha value is -2.36. The van der Waals surface area contributed by atoms with Gasteiger partial charge >= 0.3 is 0 Å². The van der Waals surface area contributed by atoms with Crippen LogP contribution in [0.15, 0.2) is 41.2 Å². The molecule has 0 atom stereocenters. The molecule has 0 aliphatic rings. The maximum Gasteiger partial charge on any atom is 0.259 e. The normalized spacial score (nSPS) is 10.3. The minimum Gasteiger partial charge on any atom is -0.384 e. The van der Waals surface area contributed by atoms with Crippen LogP contribution in [0.25, 0.3) is 11.3 Å². The highest BCUT2D eigenvalue weighted by molar-refractivity contribution is 5.94. The average molecular weight is 241 g/mol. The van der Waals surface area contributed by atoms with Crippen LogP contribution in [0.5, 0.6) is 0 Å². The number of pyridine rings is 1. The van der Waals surface area contributed by atoms with Gasteiger partial charge in [0.05, 0.1) is 5.56 Å². The molecule has 4 N–H and O–H groups in total. The molecule has 0 spiro atoms. The number of nitrogen functional groups attached to an aromatic ring is 1. The first-order valence-corrected chi connectivity index (χ1v) is 5.79. The van der Waals surface area contributed by atoms with Crippen LogP contribution in [0, 0.1) is 5.41 Å². The lowest BCUT2D eigenvalue weighted by Crippen LogP contribution is -2.23. The molecule has 0 aliphatic heterocycles. The van der Waals surface area contributed by atoms with Crippen LogP contribution in [0.3, 0.4) is 0 Å². The predicted molar refractivity (Wildman–Crippen MR) is 72.9 cm³/mol. The second-order valence-electron chi connectivity index (χ2n) is 4.08. The smallest absolute Gasteiger partial charge is 0.259 e. The molecule has 2 aromatic rings. The third kappa shape index (κ3) is 2.32. The molecule has 0 unspecified atom stereocenters. The number of hydrogen-bond donors (Lipinski definition) is 3. The topological polar surface area (TPSA) is 82.7 Å². The number of hydrogen-bond acceptors (Lipinski definition) is 2. The van der Waals surface area contributed by atoms with E-state index < -0.39 is 0 Å². The van der Waals surface area contributed by atoms with Crippen molar-refractivity contribution in [3.63, 3.8) is 0 Å². The Morgan fingerprint density at radius 1 is 1.22 bits per heavy atom. The Labute approximate surface area is 105 Å². The molecule has 0 aliphatic carbocycles. The number of nitrogens with two attached hydrogens (primary N) is 1. The Balaban J connectivity index is 2.42. The lowest BCUT2D eigenvalue weighted by molar-refractivity contribution is 1.14. The largest absolute Gasteiger partial charge is 0.384 e. The van der Waals surface area contributed by atoms with Crippen molar-refractivity contribution in [3.8, 4) is 11.3 Å². The molecule has 0 saturated heterocycles. The molecule has 1 heterocycles. The van der Waals surface area contributed by atoms with E-state index >= 15 is 0 Å². The van der Waals surface area contributed by atoms with Crippen LogP contribution in [0.2, 0.25) is 0 Å². The van der Waals surface area contributed by atoms with Crippen LogP contribution in [0.1, 0.15) is 18.1 Å². The standard InChI is InChI=1S/C14H15N3O/c1-2-9-3-5-10(6-4-9)12-8-7-11(13(15)16)14(18)17-12/h3-8H,2H2,1H3,(H3,15,16)(H,17,18). The van der Waals surface area contributed by atoms with Gasteiger partial charge in [-0.05, 0) is 29.7 Å². The average Bonchev–Trinajstić information content (AvgIpc) is 2.38. The van der Waals surface area contributed by atoms with Gasteiger partial charge in [-0.2, -0.15) is 0 Å². The highest BCUT2D eigenvalue weighted by atomic mass is 16.1. The van der Waals surface area contributed by atoms with E-state index in [9.17, 15) is 4.79 Å². The van der Waals surface area contributed by atoms with Gasteiger partial charge in [0.2, 0.25) is 0 Å². The van der Waals surface area contributed by atoms with Crippen LogP contribution < -0.4 is 11.3 Å². The van der Waals surface area contributed by atoms with Crippen molar-refractivity contribution < 1.29 is 0 Å². The van der Waals surface area contributed by atoms with Gasteiger partial charge in [-0.1, -0.05) is 31.2 Å². The summed E-state index contributed by atoms with van der Waals surface area (Å²) in [6.07, 6.45) is 0.986. The van der Waals surface area contributed by atoms with Gasteiger partial charge < -0.3 is 10.7 Å². The number of H-pyrrole nitrogens is 1. The second kappa shape index (κ2) is 4.87. The third-order valence-electron chi connectivity index (χ3n) is 2.87. The Morgan fingerprint density at radius 2 is 1.89 bits per heavy atom. The lowest BCUT2D eigenvalue weighted by atomic mass is 10.1. The van der Waals surface area contributed by atoms with E-state index in [1.54, 1.807) is 12.1 Å². The number of aryl methyl sites for hydroxylation is 1. The zero-order valence-corrected chi connectivity index (χ0v) is 10.2. The zero-order valence-electron chi connectivity index (χ0n) is 10.2. The molecule has 1 aromatic carbocycles. The highest BCUT2D eigenvalue weighted by Crippen LogP contribution is 2.16. The summed E-state index contributed by atoms with van der Waals surface area (Å²) in [6, 6.07) is 11.3. The molecule has 0 bridgehead atoms. The Kier molecular flexibility index (Phi) is 3.28. The first-order valence-electron chi connectivity index (χ1n) is 5.79. The van der Waals surface area contributed by atoms with Crippen molar-refractivity contribution in [3.05, 3.63) is 57.9 Å². The summed E-state index contributed by atoms with van der Waals surface area (Å²) in [5, 5.41) is 7.26. The van der Waals surface area contributed by atoms with E-state index in [0.717, 1.165) is 17.7 Å². The summed E-state index contributed by atoms with van der Waals surface area (Å²) < 4.78 is 0. The van der Waals surface area contributed by atoms with E-state index in [2.05, 4.69) is 11.9 Å². The number of amidine groups is 1. The molecule has 0 amide bonds. The van der Waals surface area contributed by atoms with Gasteiger partial charge in [-0.3, -0.25) is 10.2 Å². The molecule has 0 radical (unpaired) electrons. The Morgan fingerprint density at radius 3 is 2.39 bits per heavy atom. The fourth-order valence-corrected chi connectivity index (χ4v) is 1.77. The Bertz CT molecular complexity index is 626. The van der Waals surface area contributed by atoms with Gasteiger partial charge in [-0.15, -0.1) is 0 Å². The highest BCUT2D eigenvalue weighted by Gasteiger charge is 2.05. The van der Waals surface area contributed by atoms with Crippen molar-refractivity contribution in [1.29, 1.82) is 5.41 Å². The SMILES string of the molecule is CCc1ccc(-c2ccc(C(=N)N)c(=O)[nH]2)cc1. The number of aromatic amines is 1. The van der Waals surface area contributed by atoms with E-state index in [1.165, 1.54) is 5.56 Å². The third-order valence-corrected chi connectivity index (χ3v) is 2.87. The molecule has 1 aromatic heterocycles. The summed E-state index contributed by atoms with van der Waals surface area (Å²) >= 11 is 0. The molecular weight excluding hydrogens is 226 g/mol. The van der Waals surface area contributed by atoms with Crippen LogP contribution in [0.4, 0.5) is 0 Å². The van der Waals surface area contributed by atoms with Gasteiger partial charge in [0.1, 0.15) is 5.84 Å². The summed E-state index contributed by atoms with van der Waals surface area (Å²) in [6.45, 7) is 2.10. The molecule has 2 rings (SSSR count). The van der Waals surface area contributed by atoms with E-state index in [4.69, 9.17) is 11.1 Å². The van der Waals surface area contributed by atoms with E-state index in [1.807, 2.05) is 24.3 Å². The van der Waals surface area contributed by atoms with Crippen molar-refractivity contribution in [2.75, 3.05) is 0 Å². The number of benzene rings is 1. The fraction of sp³-hybridized carbons (Fsp3) is 0.143. The van der Waals surface area contributed by atoms with Crippen molar-refractivity contribution in [1.82, 2.24) is 4.98 Å². The van der Waals surface area contributed by atoms with Gasteiger partial charge in [-0.25, -0.2) is 0 Å². The maximum atomic E-state index is 11.7. The molecule has 4 nitrogen and oxygen atoms in total. The zero-order chi connectivity index (χ0) is 13.1. The fourth-order valence-electron chi connectivity index (χ4n) is 1.77. The number of nitrogens with one attached hydrogen (secondary N) is 2. The lowest BCUT2D eigenvalue weighted by Gasteiger charge is -2.04. The predicted octanol–water partition coefficient (Wildman–Crippen LogP) is 1.89. The maximum absolute atomic E-state index is 11.7. The molecule has 18 heavy (non-hydrogen) atoms. The van der Waals surface area contributed by atoms with Gasteiger partial charge in [0.15, 0.2) is 0 Å². The van der Waals surface area contributed by atoms with Crippen molar-refractivity contribution in [2.24, 2.45) is 5.73 Å². The van der Waals surface area contributed by atoms with E-state index in [0.29, 0.717) is 0 Å². The summed E-state index contributed by atoms with van der Waals surface area (Å²) in [4.78, 5) is 14.4. The number of rotatable bonds is 3. The minimum atomic E-state index is -0.334. The van der Waals surface area contributed by atoms with Crippen molar-refractivity contribution >= 4 is 5.84 Å². The minimum absolute atomic E-state index is 0.198. The first kappa shape index (κ1) is 12.1. The van der Waals surface area contributed by atoms with Gasteiger partial charge in [0.25, 0.3) is 5.56 Å². The number of aromatic nitrogens is 1. The van der Waals surface area contributed by atoms with Crippen LogP contribution in [-0.4, -0.2) is 10.8 Å². The molecule has 4 heteroatoms. The molecule has 92 valence electrons. The van der Waals surface area contributed by atoms with Gasteiger partial charge in [0, 0.05) is 5.69 Å². The van der Waals surface area contributed by atoms with Crippen molar-refractivity contribution in [2.45, 2.75) is 13.3 Å². The van der Waals surface area contributed by atoms with E-state index in [-0.39, 0.29) is 17.0 Å². The molecule has 0 fully saturated rings. The monoisotopic (exact) mass is 241 g/mol. The summed E-state index contributed by atoms with van der Waals surface area (Å²) in [5.41, 5.74) is 8.09. The quantitative estimate of drug-likeness (QED) is 0.566.